The molecule has 0 aromatic heterocycles. The normalized spacial score (nSPS) is 10.0. The molecule has 5 heteroatoms. The highest BCUT2D eigenvalue weighted by atomic mass is 16.5. The number of amides is 1. The van der Waals surface area contributed by atoms with E-state index in [1.54, 1.807) is 30.3 Å². The maximum Gasteiger partial charge on any atom is 0.263 e. The van der Waals surface area contributed by atoms with Gasteiger partial charge in [0.2, 0.25) is 0 Å². The van der Waals surface area contributed by atoms with Crippen LogP contribution in [0.4, 0.5) is 11.4 Å². The molecule has 2 aromatic rings. The molecule has 0 radical (unpaired) electrons. The number of nitrogen functional groups attached to an aromatic ring is 1. The van der Waals surface area contributed by atoms with E-state index in [9.17, 15) is 4.79 Å². The predicted octanol–water partition coefficient (Wildman–Crippen LogP) is 2.85. The van der Waals surface area contributed by atoms with Crippen molar-refractivity contribution in [3.05, 3.63) is 47.5 Å². The first-order valence-corrected chi connectivity index (χ1v) is 6.45. The van der Waals surface area contributed by atoms with Crippen molar-refractivity contribution in [2.24, 2.45) is 0 Å². The molecule has 21 heavy (non-hydrogen) atoms. The second-order valence-corrected chi connectivity index (χ2v) is 4.57. The standard InChI is InChI=1S/C16H18N2O3/c1-10-7-8-11(17)9-12(10)18-16(19)15-13(20-2)5-4-6-14(15)21-3/h4-9H,17H2,1-3H3,(H,18,19). The molecule has 0 aliphatic carbocycles. The fourth-order valence-electron chi connectivity index (χ4n) is 2.03. The molecule has 0 aliphatic rings. The van der Waals surface area contributed by atoms with Gasteiger partial charge in [0.15, 0.2) is 0 Å². The molecular formula is C16H18N2O3. The van der Waals surface area contributed by atoms with Crippen molar-refractivity contribution in [1.82, 2.24) is 0 Å². The smallest absolute Gasteiger partial charge is 0.263 e. The van der Waals surface area contributed by atoms with Crippen molar-refractivity contribution in [2.45, 2.75) is 6.92 Å². The Hall–Kier alpha value is -2.69. The van der Waals surface area contributed by atoms with Crippen LogP contribution in [0.15, 0.2) is 36.4 Å². The van der Waals surface area contributed by atoms with Gasteiger partial charge in [-0.15, -0.1) is 0 Å². The van der Waals surface area contributed by atoms with Crippen LogP contribution in [-0.2, 0) is 0 Å². The fourth-order valence-corrected chi connectivity index (χ4v) is 2.03. The minimum atomic E-state index is -0.307. The summed E-state index contributed by atoms with van der Waals surface area (Å²) in [6, 6.07) is 10.5. The molecule has 0 fully saturated rings. The summed E-state index contributed by atoms with van der Waals surface area (Å²) in [5, 5.41) is 2.84. The lowest BCUT2D eigenvalue weighted by Gasteiger charge is -2.14. The maximum atomic E-state index is 12.5. The van der Waals surface area contributed by atoms with Crippen LogP contribution in [0.2, 0.25) is 0 Å². The van der Waals surface area contributed by atoms with Crippen LogP contribution in [-0.4, -0.2) is 20.1 Å². The first-order valence-electron chi connectivity index (χ1n) is 6.45. The number of benzene rings is 2. The van der Waals surface area contributed by atoms with Crippen molar-refractivity contribution in [1.29, 1.82) is 0 Å². The lowest BCUT2D eigenvalue weighted by atomic mass is 10.1. The van der Waals surface area contributed by atoms with Gasteiger partial charge in [0.05, 0.1) is 14.2 Å². The van der Waals surface area contributed by atoms with Gasteiger partial charge in [-0.05, 0) is 36.8 Å². The van der Waals surface area contributed by atoms with Gasteiger partial charge >= 0.3 is 0 Å². The Morgan fingerprint density at radius 1 is 1.10 bits per heavy atom. The van der Waals surface area contributed by atoms with E-state index in [0.29, 0.717) is 28.4 Å². The average molecular weight is 286 g/mol. The Labute approximate surface area is 123 Å². The second-order valence-electron chi connectivity index (χ2n) is 4.57. The Morgan fingerprint density at radius 2 is 1.71 bits per heavy atom. The lowest BCUT2D eigenvalue weighted by Crippen LogP contribution is -2.15. The molecular weight excluding hydrogens is 268 g/mol. The van der Waals surface area contributed by atoms with Gasteiger partial charge in [0, 0.05) is 11.4 Å². The number of aryl methyl sites for hydroxylation is 1. The first-order chi connectivity index (χ1) is 10.1. The molecule has 2 aromatic carbocycles. The van der Waals surface area contributed by atoms with Gasteiger partial charge in [-0.25, -0.2) is 0 Å². The second kappa shape index (κ2) is 6.17. The fraction of sp³-hybridized carbons (Fsp3) is 0.188. The van der Waals surface area contributed by atoms with Gasteiger partial charge in [-0.3, -0.25) is 4.79 Å². The summed E-state index contributed by atoms with van der Waals surface area (Å²) in [4.78, 5) is 12.5. The van der Waals surface area contributed by atoms with E-state index in [2.05, 4.69) is 5.32 Å². The molecule has 0 spiro atoms. The topological polar surface area (TPSA) is 73.6 Å². The number of rotatable bonds is 4. The molecule has 0 saturated heterocycles. The quantitative estimate of drug-likeness (QED) is 0.848. The molecule has 0 heterocycles. The summed E-state index contributed by atoms with van der Waals surface area (Å²) in [5.74, 6) is 0.597. The third-order valence-electron chi connectivity index (χ3n) is 3.16. The first kappa shape index (κ1) is 14.7. The average Bonchev–Trinajstić information content (AvgIpc) is 2.49. The highest BCUT2D eigenvalue weighted by Gasteiger charge is 2.18. The summed E-state index contributed by atoms with van der Waals surface area (Å²) >= 11 is 0. The predicted molar refractivity (Wildman–Crippen MR) is 83.1 cm³/mol. The molecule has 0 saturated carbocycles. The summed E-state index contributed by atoms with van der Waals surface area (Å²) in [5.41, 5.74) is 8.27. The van der Waals surface area contributed by atoms with Gasteiger partial charge in [-0.1, -0.05) is 12.1 Å². The molecule has 3 N–H and O–H groups in total. The largest absolute Gasteiger partial charge is 0.496 e. The molecule has 0 atom stereocenters. The highest BCUT2D eigenvalue weighted by Crippen LogP contribution is 2.29. The number of nitrogens with one attached hydrogen (secondary N) is 1. The monoisotopic (exact) mass is 286 g/mol. The van der Waals surface area contributed by atoms with Crippen LogP contribution in [0.25, 0.3) is 0 Å². The van der Waals surface area contributed by atoms with Crippen molar-refractivity contribution in [3.63, 3.8) is 0 Å². The Morgan fingerprint density at radius 3 is 2.29 bits per heavy atom. The zero-order chi connectivity index (χ0) is 15.4. The molecule has 2 rings (SSSR count). The van der Waals surface area contributed by atoms with E-state index >= 15 is 0 Å². The molecule has 5 nitrogen and oxygen atoms in total. The van der Waals surface area contributed by atoms with Crippen LogP contribution in [0.1, 0.15) is 15.9 Å². The van der Waals surface area contributed by atoms with Crippen molar-refractivity contribution in [3.8, 4) is 11.5 Å². The van der Waals surface area contributed by atoms with Crippen LogP contribution in [0.3, 0.4) is 0 Å². The number of hydrogen-bond donors (Lipinski definition) is 2. The summed E-state index contributed by atoms with van der Waals surface area (Å²) < 4.78 is 10.5. The Balaban J connectivity index is 2.38. The van der Waals surface area contributed by atoms with Crippen molar-refractivity contribution in [2.75, 3.05) is 25.3 Å². The SMILES string of the molecule is COc1cccc(OC)c1C(=O)Nc1cc(N)ccc1C. The molecule has 0 bridgehead atoms. The van der Waals surface area contributed by atoms with Crippen LogP contribution in [0, 0.1) is 6.92 Å². The van der Waals surface area contributed by atoms with Gasteiger partial charge < -0.3 is 20.5 Å². The summed E-state index contributed by atoms with van der Waals surface area (Å²) in [6.45, 7) is 1.90. The number of ether oxygens (including phenoxy) is 2. The Bertz CT molecular complexity index is 646. The number of hydrogen-bond acceptors (Lipinski definition) is 4. The van der Waals surface area contributed by atoms with Crippen LogP contribution < -0.4 is 20.5 Å². The van der Waals surface area contributed by atoms with E-state index in [0.717, 1.165) is 5.56 Å². The Kier molecular flexibility index (Phi) is 4.33. The van der Waals surface area contributed by atoms with Crippen molar-refractivity contribution >= 4 is 17.3 Å². The zero-order valence-electron chi connectivity index (χ0n) is 12.3. The van der Waals surface area contributed by atoms with E-state index in [1.807, 2.05) is 13.0 Å². The van der Waals surface area contributed by atoms with Gasteiger partial charge in [0.1, 0.15) is 17.1 Å². The minimum Gasteiger partial charge on any atom is -0.496 e. The summed E-state index contributed by atoms with van der Waals surface area (Å²) in [6.07, 6.45) is 0. The molecule has 0 unspecified atom stereocenters. The maximum absolute atomic E-state index is 12.5. The van der Waals surface area contributed by atoms with Crippen LogP contribution in [0.5, 0.6) is 11.5 Å². The molecule has 110 valence electrons. The lowest BCUT2D eigenvalue weighted by molar-refractivity contribution is 0.102. The number of anilines is 2. The third kappa shape index (κ3) is 3.08. The van der Waals surface area contributed by atoms with Gasteiger partial charge in [-0.2, -0.15) is 0 Å². The third-order valence-corrected chi connectivity index (χ3v) is 3.16. The number of methoxy groups -OCH3 is 2. The molecule has 0 aliphatic heterocycles. The zero-order valence-corrected chi connectivity index (χ0v) is 12.3. The van der Waals surface area contributed by atoms with Crippen molar-refractivity contribution < 1.29 is 14.3 Å². The highest BCUT2D eigenvalue weighted by molar-refractivity contribution is 6.08. The van der Waals surface area contributed by atoms with E-state index in [4.69, 9.17) is 15.2 Å². The van der Waals surface area contributed by atoms with E-state index < -0.39 is 0 Å². The van der Waals surface area contributed by atoms with E-state index in [1.165, 1.54) is 14.2 Å². The number of carbonyl (C=O) groups is 1. The number of nitrogens with two attached hydrogens (primary N) is 1. The van der Waals surface area contributed by atoms with Crippen LogP contribution >= 0.6 is 0 Å². The minimum absolute atomic E-state index is 0.307. The number of carbonyl (C=O) groups excluding carboxylic acids is 1. The molecule has 1 amide bonds. The summed E-state index contributed by atoms with van der Waals surface area (Å²) in [7, 11) is 3.02. The van der Waals surface area contributed by atoms with Gasteiger partial charge in [0.25, 0.3) is 5.91 Å². The van der Waals surface area contributed by atoms with E-state index in [-0.39, 0.29) is 5.91 Å².